The van der Waals surface area contributed by atoms with E-state index in [4.69, 9.17) is 5.73 Å². The first-order valence-corrected chi connectivity index (χ1v) is 7.34. The number of nitrogens with one attached hydrogen (secondary N) is 1. The lowest BCUT2D eigenvalue weighted by Gasteiger charge is -2.31. The van der Waals surface area contributed by atoms with E-state index in [0.717, 1.165) is 37.2 Å². The number of likely N-dealkylation sites (tertiary alicyclic amines) is 1. The van der Waals surface area contributed by atoms with Crippen LogP contribution in [0, 0.1) is 0 Å². The van der Waals surface area contributed by atoms with Gasteiger partial charge in [0, 0.05) is 36.6 Å². The average Bonchev–Trinajstić information content (AvgIpc) is 3.04. The number of carbonyl (C=O) groups is 1. The van der Waals surface area contributed by atoms with Crippen LogP contribution in [-0.2, 0) is 11.2 Å². The van der Waals surface area contributed by atoms with Gasteiger partial charge in [0.05, 0.1) is 6.42 Å². The van der Waals surface area contributed by atoms with Crippen LogP contribution in [0.5, 0.6) is 0 Å². The summed E-state index contributed by atoms with van der Waals surface area (Å²) in [7, 11) is 0. The number of aromatic amines is 1. The number of H-pyrrole nitrogens is 1. The van der Waals surface area contributed by atoms with Crippen molar-refractivity contribution in [2.24, 2.45) is 0 Å². The predicted molar refractivity (Wildman–Crippen MR) is 81.7 cm³/mol. The number of benzene rings is 1. The topological polar surface area (TPSA) is 75.0 Å². The molecule has 1 aromatic heterocycles. The van der Waals surface area contributed by atoms with Crippen molar-refractivity contribution in [1.29, 1.82) is 0 Å². The fourth-order valence-electron chi connectivity index (χ4n) is 2.86. The lowest BCUT2D eigenvalue weighted by molar-refractivity contribution is -0.131. The third-order valence-electron chi connectivity index (χ3n) is 4.14. The molecule has 110 valence electrons. The molecule has 1 fully saturated rings. The summed E-state index contributed by atoms with van der Waals surface area (Å²) in [5.41, 5.74) is 8.59. The van der Waals surface area contributed by atoms with E-state index < -0.39 is 0 Å². The van der Waals surface area contributed by atoms with Crippen molar-refractivity contribution in [3.05, 3.63) is 47.8 Å². The maximum absolute atomic E-state index is 12.3. The van der Waals surface area contributed by atoms with Crippen molar-refractivity contribution in [1.82, 2.24) is 15.1 Å². The van der Waals surface area contributed by atoms with Crippen LogP contribution in [0.3, 0.4) is 0 Å². The summed E-state index contributed by atoms with van der Waals surface area (Å²) >= 11 is 0. The predicted octanol–water partition coefficient (Wildman–Crippen LogP) is 1.94. The lowest BCUT2D eigenvalue weighted by atomic mass is 9.93. The molecule has 2 aromatic rings. The first-order chi connectivity index (χ1) is 10.2. The van der Waals surface area contributed by atoms with Crippen LogP contribution in [0.1, 0.15) is 30.0 Å². The van der Waals surface area contributed by atoms with E-state index in [1.165, 1.54) is 5.69 Å². The minimum Gasteiger partial charge on any atom is -0.399 e. The Kier molecular flexibility index (Phi) is 3.90. The number of aromatic nitrogens is 2. The number of nitrogens with zero attached hydrogens (tertiary/aromatic N) is 2. The van der Waals surface area contributed by atoms with Crippen molar-refractivity contribution < 1.29 is 4.79 Å². The summed E-state index contributed by atoms with van der Waals surface area (Å²) in [5, 5.41) is 7.03. The largest absolute Gasteiger partial charge is 0.399 e. The van der Waals surface area contributed by atoms with E-state index in [1.54, 1.807) is 6.20 Å². The highest BCUT2D eigenvalue weighted by Crippen LogP contribution is 2.26. The molecule has 1 aliphatic heterocycles. The summed E-state index contributed by atoms with van der Waals surface area (Å²) in [6.45, 7) is 1.63. The molecule has 0 radical (unpaired) electrons. The van der Waals surface area contributed by atoms with E-state index in [0.29, 0.717) is 12.3 Å². The molecule has 1 aliphatic rings. The summed E-state index contributed by atoms with van der Waals surface area (Å²) in [4.78, 5) is 14.3. The molecule has 2 heterocycles. The highest BCUT2D eigenvalue weighted by atomic mass is 16.2. The monoisotopic (exact) mass is 284 g/mol. The molecular weight excluding hydrogens is 264 g/mol. The first-order valence-electron chi connectivity index (χ1n) is 7.34. The van der Waals surface area contributed by atoms with E-state index in [9.17, 15) is 4.79 Å². The number of hydrogen-bond acceptors (Lipinski definition) is 3. The van der Waals surface area contributed by atoms with Gasteiger partial charge in [-0.2, -0.15) is 5.10 Å². The van der Waals surface area contributed by atoms with Gasteiger partial charge in [0.25, 0.3) is 0 Å². The van der Waals surface area contributed by atoms with Gasteiger partial charge < -0.3 is 10.6 Å². The van der Waals surface area contributed by atoms with Gasteiger partial charge in [-0.3, -0.25) is 9.89 Å². The molecule has 0 spiro atoms. The second-order valence-electron chi connectivity index (χ2n) is 5.59. The highest BCUT2D eigenvalue weighted by Gasteiger charge is 2.24. The molecule has 0 aliphatic carbocycles. The highest BCUT2D eigenvalue weighted by molar-refractivity contribution is 5.79. The minimum absolute atomic E-state index is 0.197. The fraction of sp³-hybridized carbons (Fsp3) is 0.375. The Morgan fingerprint density at radius 1 is 1.24 bits per heavy atom. The third-order valence-corrected chi connectivity index (χ3v) is 4.14. The van der Waals surface area contributed by atoms with Crippen molar-refractivity contribution in [3.63, 3.8) is 0 Å². The minimum atomic E-state index is 0.197. The van der Waals surface area contributed by atoms with Crippen molar-refractivity contribution in [2.75, 3.05) is 18.8 Å². The van der Waals surface area contributed by atoms with Gasteiger partial charge in [-0.15, -0.1) is 0 Å². The van der Waals surface area contributed by atoms with Crippen molar-refractivity contribution in [3.8, 4) is 0 Å². The maximum Gasteiger partial charge on any atom is 0.226 e. The Morgan fingerprint density at radius 2 is 1.95 bits per heavy atom. The quantitative estimate of drug-likeness (QED) is 0.846. The number of nitrogen functional groups attached to an aromatic ring is 1. The zero-order valence-corrected chi connectivity index (χ0v) is 12.0. The number of hydrogen-bond donors (Lipinski definition) is 2. The summed E-state index contributed by atoms with van der Waals surface area (Å²) < 4.78 is 0. The molecule has 21 heavy (non-hydrogen) atoms. The molecule has 1 saturated heterocycles. The molecule has 1 amide bonds. The Bertz CT molecular complexity index is 583. The van der Waals surface area contributed by atoms with Crippen LogP contribution >= 0.6 is 0 Å². The van der Waals surface area contributed by atoms with E-state index >= 15 is 0 Å². The fourth-order valence-corrected chi connectivity index (χ4v) is 2.86. The molecule has 0 bridgehead atoms. The number of amides is 1. The molecule has 0 saturated carbocycles. The Morgan fingerprint density at radius 3 is 2.57 bits per heavy atom. The number of rotatable bonds is 3. The van der Waals surface area contributed by atoms with Crippen LogP contribution in [0.25, 0.3) is 0 Å². The van der Waals surface area contributed by atoms with Crippen LogP contribution in [0.2, 0.25) is 0 Å². The Balaban J connectivity index is 1.54. The molecule has 3 rings (SSSR count). The van der Waals surface area contributed by atoms with Crippen molar-refractivity contribution >= 4 is 11.6 Å². The maximum atomic E-state index is 12.3. The summed E-state index contributed by atoms with van der Waals surface area (Å²) in [6.07, 6.45) is 4.23. The molecule has 1 aromatic carbocycles. The van der Waals surface area contributed by atoms with Crippen molar-refractivity contribution in [2.45, 2.75) is 25.2 Å². The van der Waals surface area contributed by atoms with E-state index in [1.807, 2.05) is 35.2 Å². The van der Waals surface area contributed by atoms with E-state index in [-0.39, 0.29) is 5.91 Å². The molecule has 0 unspecified atom stereocenters. The SMILES string of the molecule is Nc1ccc(CC(=O)N2CCC(c3ccn[nH]3)CC2)cc1. The van der Waals surface area contributed by atoms with Gasteiger partial charge in [-0.25, -0.2) is 0 Å². The number of carbonyl (C=O) groups excluding carboxylic acids is 1. The normalized spacial score (nSPS) is 16.1. The Hall–Kier alpha value is -2.30. The Labute approximate surface area is 124 Å². The van der Waals surface area contributed by atoms with Crippen LogP contribution in [-0.4, -0.2) is 34.1 Å². The van der Waals surface area contributed by atoms with Crippen LogP contribution in [0.15, 0.2) is 36.5 Å². The summed E-state index contributed by atoms with van der Waals surface area (Å²) in [6, 6.07) is 9.55. The number of anilines is 1. The van der Waals surface area contributed by atoms with E-state index in [2.05, 4.69) is 10.2 Å². The second-order valence-corrected chi connectivity index (χ2v) is 5.59. The number of piperidine rings is 1. The van der Waals surface area contributed by atoms with Gasteiger partial charge in [0.1, 0.15) is 0 Å². The standard InChI is InChI=1S/C16H20N4O/c17-14-3-1-12(2-4-14)11-16(21)20-9-6-13(7-10-20)15-5-8-18-19-15/h1-5,8,13H,6-7,9-11,17H2,(H,18,19). The molecule has 0 atom stereocenters. The third kappa shape index (κ3) is 3.24. The zero-order valence-electron chi connectivity index (χ0n) is 12.0. The molecule has 5 nitrogen and oxygen atoms in total. The average molecular weight is 284 g/mol. The smallest absolute Gasteiger partial charge is 0.226 e. The van der Waals surface area contributed by atoms with Gasteiger partial charge in [0.2, 0.25) is 5.91 Å². The van der Waals surface area contributed by atoms with Crippen LogP contribution < -0.4 is 5.73 Å². The molecular formula is C16H20N4O. The van der Waals surface area contributed by atoms with Gasteiger partial charge in [0.15, 0.2) is 0 Å². The molecule has 5 heteroatoms. The molecule has 3 N–H and O–H groups in total. The van der Waals surface area contributed by atoms with Crippen LogP contribution in [0.4, 0.5) is 5.69 Å². The van der Waals surface area contributed by atoms with Gasteiger partial charge >= 0.3 is 0 Å². The second kappa shape index (κ2) is 5.99. The number of nitrogens with two attached hydrogens (primary N) is 1. The zero-order chi connectivity index (χ0) is 14.7. The first kappa shape index (κ1) is 13.7. The van der Waals surface area contributed by atoms with Gasteiger partial charge in [-0.1, -0.05) is 12.1 Å². The van der Waals surface area contributed by atoms with Gasteiger partial charge in [-0.05, 0) is 36.6 Å². The summed E-state index contributed by atoms with van der Waals surface area (Å²) in [5.74, 6) is 0.691. The lowest BCUT2D eigenvalue weighted by Crippen LogP contribution is -2.38.